The molecule has 0 aromatic rings. The average molecular weight is 139 g/mol. The van der Waals surface area contributed by atoms with Gasteiger partial charge in [-0.15, -0.1) is 0 Å². The van der Waals surface area contributed by atoms with Gasteiger partial charge >= 0.3 is 0 Å². The molecule has 0 atom stereocenters. The number of hydrogen-bond acceptors (Lipinski definition) is 1. The van der Waals surface area contributed by atoms with Gasteiger partial charge < -0.3 is 5.73 Å². The van der Waals surface area contributed by atoms with Crippen LogP contribution in [-0.4, -0.2) is 6.54 Å². The van der Waals surface area contributed by atoms with Crippen LogP contribution in [0.25, 0.3) is 0 Å². The number of rotatable bonds is 3. The van der Waals surface area contributed by atoms with E-state index in [9.17, 15) is 0 Å². The molecular weight excluding hydrogens is 122 g/mol. The van der Waals surface area contributed by atoms with Gasteiger partial charge in [0.05, 0.1) is 0 Å². The fourth-order valence-electron chi connectivity index (χ4n) is 0.779. The van der Waals surface area contributed by atoms with E-state index >= 15 is 0 Å². The second kappa shape index (κ2) is 4.29. The second-order valence-corrected chi connectivity index (χ2v) is 2.90. The fourth-order valence-corrected chi connectivity index (χ4v) is 0.779. The van der Waals surface area contributed by atoms with Gasteiger partial charge in [-0.05, 0) is 18.4 Å². The van der Waals surface area contributed by atoms with Crippen molar-refractivity contribution in [2.45, 2.75) is 20.8 Å². The normalized spacial score (nSPS) is 12.3. The molecule has 0 amide bonds. The third-order valence-corrected chi connectivity index (χ3v) is 1.39. The molecule has 0 unspecified atom stereocenters. The van der Waals surface area contributed by atoms with Gasteiger partial charge in [0.25, 0.3) is 0 Å². The first-order valence-electron chi connectivity index (χ1n) is 3.64. The lowest BCUT2D eigenvalue weighted by Gasteiger charge is -2.03. The molecule has 0 aromatic heterocycles. The maximum Gasteiger partial charge on any atom is 0.0174 e. The molecule has 1 nitrogen and oxygen atoms in total. The number of hydrogen-bond donors (Lipinski definition) is 1. The highest BCUT2D eigenvalue weighted by Gasteiger charge is 1.94. The van der Waals surface area contributed by atoms with Crippen LogP contribution >= 0.6 is 0 Å². The first-order valence-corrected chi connectivity index (χ1v) is 3.64. The zero-order valence-electron chi connectivity index (χ0n) is 7.15. The van der Waals surface area contributed by atoms with Crippen LogP contribution in [0.3, 0.4) is 0 Å². The van der Waals surface area contributed by atoms with Crippen LogP contribution in [0.1, 0.15) is 20.8 Å². The van der Waals surface area contributed by atoms with Crippen molar-refractivity contribution in [2.75, 3.05) is 6.54 Å². The molecule has 0 rings (SSSR count). The molecule has 0 aliphatic carbocycles. The Morgan fingerprint density at radius 1 is 1.60 bits per heavy atom. The highest BCUT2D eigenvalue weighted by molar-refractivity contribution is 5.27. The lowest BCUT2D eigenvalue weighted by atomic mass is 10.1. The summed E-state index contributed by atoms with van der Waals surface area (Å²) in [6, 6.07) is 0. The van der Waals surface area contributed by atoms with E-state index in [1.54, 1.807) is 0 Å². The van der Waals surface area contributed by atoms with Crippen LogP contribution in [0.15, 0.2) is 23.8 Å². The molecule has 58 valence electrons. The summed E-state index contributed by atoms with van der Waals surface area (Å²) < 4.78 is 0. The van der Waals surface area contributed by atoms with Crippen LogP contribution in [0.4, 0.5) is 0 Å². The molecule has 0 fully saturated rings. The van der Waals surface area contributed by atoms with E-state index in [4.69, 9.17) is 5.73 Å². The Kier molecular flexibility index (Phi) is 4.05. The van der Waals surface area contributed by atoms with E-state index in [0.29, 0.717) is 12.5 Å². The standard InChI is InChI=1S/C9H17N/c1-7(2)5-8(3)9(4)6-10/h5,7H,4,6,10H2,1-3H3/b8-5-. The molecule has 10 heavy (non-hydrogen) atoms. The predicted molar refractivity (Wildman–Crippen MR) is 46.8 cm³/mol. The van der Waals surface area contributed by atoms with Gasteiger partial charge in [0.1, 0.15) is 0 Å². The molecule has 0 saturated heterocycles. The minimum absolute atomic E-state index is 0.565. The summed E-state index contributed by atoms with van der Waals surface area (Å²) >= 11 is 0. The molecule has 0 spiro atoms. The van der Waals surface area contributed by atoms with Gasteiger partial charge in [0, 0.05) is 6.54 Å². The molecule has 0 bridgehead atoms. The van der Waals surface area contributed by atoms with Crippen LogP contribution in [0, 0.1) is 5.92 Å². The quantitative estimate of drug-likeness (QED) is 0.595. The molecule has 0 aromatic carbocycles. The van der Waals surface area contributed by atoms with E-state index < -0.39 is 0 Å². The van der Waals surface area contributed by atoms with E-state index in [1.807, 2.05) is 0 Å². The Balaban J connectivity index is 4.05. The third-order valence-electron chi connectivity index (χ3n) is 1.39. The van der Waals surface area contributed by atoms with Crippen molar-refractivity contribution in [3.05, 3.63) is 23.8 Å². The zero-order chi connectivity index (χ0) is 8.15. The minimum Gasteiger partial charge on any atom is -0.327 e. The summed E-state index contributed by atoms with van der Waals surface area (Å²) in [7, 11) is 0. The molecule has 0 aliphatic heterocycles. The largest absolute Gasteiger partial charge is 0.327 e. The lowest BCUT2D eigenvalue weighted by molar-refractivity contribution is 0.822. The van der Waals surface area contributed by atoms with E-state index in [2.05, 4.69) is 33.4 Å². The van der Waals surface area contributed by atoms with Gasteiger partial charge in [0.2, 0.25) is 0 Å². The van der Waals surface area contributed by atoms with E-state index in [1.165, 1.54) is 5.57 Å². The predicted octanol–water partition coefficient (Wildman–Crippen LogP) is 2.10. The fraction of sp³-hybridized carbons (Fsp3) is 0.556. The highest BCUT2D eigenvalue weighted by atomic mass is 14.5. The van der Waals surface area contributed by atoms with E-state index in [-0.39, 0.29) is 0 Å². The molecule has 0 heterocycles. The van der Waals surface area contributed by atoms with Gasteiger partial charge in [-0.1, -0.05) is 32.1 Å². The van der Waals surface area contributed by atoms with Gasteiger partial charge in [0.15, 0.2) is 0 Å². The first kappa shape index (κ1) is 9.44. The summed E-state index contributed by atoms with van der Waals surface area (Å²) in [5, 5.41) is 0. The third kappa shape index (κ3) is 3.46. The number of nitrogens with two attached hydrogens (primary N) is 1. The van der Waals surface area contributed by atoms with Crippen LogP contribution in [-0.2, 0) is 0 Å². The molecule has 0 saturated carbocycles. The Morgan fingerprint density at radius 3 is 2.40 bits per heavy atom. The number of allylic oxidation sites excluding steroid dienone is 1. The molecule has 0 radical (unpaired) electrons. The van der Waals surface area contributed by atoms with Crippen molar-refractivity contribution >= 4 is 0 Å². The van der Waals surface area contributed by atoms with Crippen molar-refractivity contribution < 1.29 is 0 Å². The van der Waals surface area contributed by atoms with Crippen molar-refractivity contribution in [1.29, 1.82) is 0 Å². The van der Waals surface area contributed by atoms with Gasteiger partial charge in [-0.25, -0.2) is 0 Å². The zero-order valence-corrected chi connectivity index (χ0v) is 7.15. The first-order chi connectivity index (χ1) is 4.57. The maximum atomic E-state index is 5.41. The molecule has 1 heteroatoms. The monoisotopic (exact) mass is 139 g/mol. The summed E-state index contributed by atoms with van der Waals surface area (Å²) in [5.74, 6) is 0.586. The highest BCUT2D eigenvalue weighted by Crippen LogP contribution is 2.08. The molecule has 0 aliphatic rings. The summed E-state index contributed by atoms with van der Waals surface area (Å²) in [6.45, 7) is 10.7. The Labute approximate surface area is 63.6 Å². The summed E-state index contributed by atoms with van der Waals surface area (Å²) in [5.41, 5.74) is 7.66. The summed E-state index contributed by atoms with van der Waals surface area (Å²) in [6.07, 6.45) is 2.18. The molecular formula is C9H17N. The van der Waals surface area contributed by atoms with Crippen molar-refractivity contribution in [1.82, 2.24) is 0 Å². The van der Waals surface area contributed by atoms with Crippen LogP contribution < -0.4 is 5.73 Å². The maximum absolute atomic E-state index is 5.41. The Morgan fingerprint density at radius 2 is 2.10 bits per heavy atom. The van der Waals surface area contributed by atoms with E-state index in [0.717, 1.165) is 5.57 Å². The minimum atomic E-state index is 0.565. The Bertz CT molecular complexity index is 143. The second-order valence-electron chi connectivity index (χ2n) is 2.90. The Hall–Kier alpha value is -0.560. The smallest absolute Gasteiger partial charge is 0.0174 e. The average Bonchev–Trinajstić information content (AvgIpc) is 1.85. The van der Waals surface area contributed by atoms with Crippen LogP contribution in [0.2, 0.25) is 0 Å². The topological polar surface area (TPSA) is 26.0 Å². The van der Waals surface area contributed by atoms with Gasteiger partial charge in [-0.2, -0.15) is 0 Å². The lowest BCUT2D eigenvalue weighted by Crippen LogP contribution is -2.03. The summed E-state index contributed by atoms with van der Waals surface area (Å²) in [4.78, 5) is 0. The molecule has 2 N–H and O–H groups in total. The van der Waals surface area contributed by atoms with Crippen molar-refractivity contribution in [3.8, 4) is 0 Å². The van der Waals surface area contributed by atoms with Crippen LogP contribution in [0.5, 0.6) is 0 Å². The van der Waals surface area contributed by atoms with Crippen molar-refractivity contribution in [3.63, 3.8) is 0 Å². The van der Waals surface area contributed by atoms with Gasteiger partial charge in [-0.3, -0.25) is 0 Å². The van der Waals surface area contributed by atoms with Crippen molar-refractivity contribution in [2.24, 2.45) is 11.7 Å². The SMILES string of the molecule is C=C(CN)/C(C)=C\C(C)C.